The van der Waals surface area contributed by atoms with Crippen LogP contribution in [-0.4, -0.2) is 19.6 Å². The molecule has 0 radical (unpaired) electrons. The number of carbonyl (C=O) groups is 1. The number of amides is 1. The number of nitrogens with one attached hydrogen (secondary N) is 1. The SMILES string of the molecule is CCCCC(=O)NCCc1ccc(OC)cc1Cl. The van der Waals surface area contributed by atoms with Crippen molar-refractivity contribution in [2.75, 3.05) is 13.7 Å². The van der Waals surface area contributed by atoms with Gasteiger partial charge >= 0.3 is 0 Å². The van der Waals surface area contributed by atoms with Crippen molar-refractivity contribution in [3.63, 3.8) is 0 Å². The maximum Gasteiger partial charge on any atom is 0.220 e. The monoisotopic (exact) mass is 269 g/mol. The van der Waals surface area contributed by atoms with Crippen LogP contribution < -0.4 is 10.1 Å². The molecule has 0 atom stereocenters. The van der Waals surface area contributed by atoms with E-state index in [1.807, 2.05) is 12.1 Å². The van der Waals surface area contributed by atoms with Gasteiger partial charge < -0.3 is 10.1 Å². The van der Waals surface area contributed by atoms with E-state index >= 15 is 0 Å². The summed E-state index contributed by atoms with van der Waals surface area (Å²) in [5.74, 6) is 0.859. The van der Waals surface area contributed by atoms with Crippen LogP contribution in [0.5, 0.6) is 5.75 Å². The van der Waals surface area contributed by atoms with Gasteiger partial charge in [-0.2, -0.15) is 0 Å². The zero-order valence-corrected chi connectivity index (χ0v) is 11.7. The molecule has 0 aliphatic carbocycles. The van der Waals surface area contributed by atoms with Crippen molar-refractivity contribution in [1.82, 2.24) is 5.32 Å². The third-order valence-corrected chi connectivity index (χ3v) is 3.09. The van der Waals surface area contributed by atoms with Crippen LogP contribution in [0.1, 0.15) is 31.7 Å². The number of methoxy groups -OCH3 is 1. The molecule has 0 spiro atoms. The summed E-state index contributed by atoms with van der Waals surface area (Å²) in [6.45, 7) is 2.69. The molecular formula is C14H20ClNO2. The molecule has 1 rings (SSSR count). The number of ether oxygens (including phenoxy) is 1. The van der Waals surface area contributed by atoms with Gasteiger partial charge in [-0.15, -0.1) is 0 Å². The summed E-state index contributed by atoms with van der Waals surface area (Å²) < 4.78 is 5.08. The fourth-order valence-electron chi connectivity index (χ4n) is 1.62. The first kappa shape index (κ1) is 14.8. The van der Waals surface area contributed by atoms with Gasteiger partial charge in [-0.3, -0.25) is 4.79 Å². The van der Waals surface area contributed by atoms with Crippen LogP contribution >= 0.6 is 11.6 Å². The maximum absolute atomic E-state index is 11.4. The molecule has 1 N–H and O–H groups in total. The Hall–Kier alpha value is -1.22. The average molecular weight is 270 g/mol. The molecule has 1 aromatic rings. The quantitative estimate of drug-likeness (QED) is 0.826. The van der Waals surface area contributed by atoms with Gasteiger partial charge in [0.25, 0.3) is 0 Å². The lowest BCUT2D eigenvalue weighted by molar-refractivity contribution is -0.121. The molecule has 0 aliphatic heterocycles. The van der Waals surface area contributed by atoms with Gasteiger partial charge in [0.15, 0.2) is 0 Å². The Morgan fingerprint density at radius 1 is 1.44 bits per heavy atom. The molecule has 0 saturated carbocycles. The van der Waals surface area contributed by atoms with Crippen molar-refractivity contribution < 1.29 is 9.53 Å². The van der Waals surface area contributed by atoms with Gasteiger partial charge in [0.05, 0.1) is 7.11 Å². The predicted molar refractivity (Wildman–Crippen MR) is 74.2 cm³/mol. The van der Waals surface area contributed by atoms with E-state index in [1.165, 1.54) is 0 Å². The van der Waals surface area contributed by atoms with Crippen molar-refractivity contribution in [3.05, 3.63) is 28.8 Å². The summed E-state index contributed by atoms with van der Waals surface area (Å²) in [4.78, 5) is 11.4. The van der Waals surface area contributed by atoms with Crippen molar-refractivity contribution in [3.8, 4) is 5.75 Å². The van der Waals surface area contributed by atoms with E-state index in [1.54, 1.807) is 13.2 Å². The second kappa shape index (κ2) is 7.98. The van der Waals surface area contributed by atoms with Gasteiger partial charge in [0, 0.05) is 18.0 Å². The van der Waals surface area contributed by atoms with Crippen molar-refractivity contribution in [1.29, 1.82) is 0 Å². The number of hydrogen-bond acceptors (Lipinski definition) is 2. The van der Waals surface area contributed by atoms with Crippen molar-refractivity contribution >= 4 is 17.5 Å². The molecule has 0 bridgehead atoms. The lowest BCUT2D eigenvalue weighted by Gasteiger charge is -2.08. The lowest BCUT2D eigenvalue weighted by atomic mass is 10.1. The largest absolute Gasteiger partial charge is 0.497 e. The Morgan fingerprint density at radius 3 is 2.83 bits per heavy atom. The first-order chi connectivity index (χ1) is 8.67. The van der Waals surface area contributed by atoms with Crippen LogP contribution in [0.4, 0.5) is 0 Å². The van der Waals surface area contributed by atoms with Gasteiger partial charge in [-0.05, 0) is 30.5 Å². The summed E-state index contributed by atoms with van der Waals surface area (Å²) in [6.07, 6.45) is 3.32. The topological polar surface area (TPSA) is 38.3 Å². The molecule has 3 nitrogen and oxygen atoms in total. The first-order valence-corrected chi connectivity index (χ1v) is 6.64. The Bertz CT molecular complexity index is 393. The molecule has 1 aromatic carbocycles. The lowest BCUT2D eigenvalue weighted by Crippen LogP contribution is -2.25. The fourth-order valence-corrected chi connectivity index (χ4v) is 1.89. The Morgan fingerprint density at radius 2 is 2.22 bits per heavy atom. The normalized spacial score (nSPS) is 10.2. The van der Waals surface area contributed by atoms with Gasteiger partial charge in [-0.1, -0.05) is 31.0 Å². The van der Waals surface area contributed by atoms with E-state index in [-0.39, 0.29) is 5.91 Å². The molecule has 100 valence electrons. The van der Waals surface area contributed by atoms with Gasteiger partial charge in [0.2, 0.25) is 5.91 Å². The third-order valence-electron chi connectivity index (χ3n) is 2.73. The number of hydrogen-bond donors (Lipinski definition) is 1. The maximum atomic E-state index is 11.4. The van der Waals surface area contributed by atoms with E-state index in [4.69, 9.17) is 16.3 Å². The molecular weight excluding hydrogens is 250 g/mol. The number of carbonyl (C=O) groups excluding carboxylic acids is 1. The van der Waals surface area contributed by atoms with Crippen LogP contribution in [0.15, 0.2) is 18.2 Å². The number of unbranched alkanes of at least 4 members (excludes halogenated alkanes) is 1. The van der Waals surface area contributed by atoms with E-state index in [0.29, 0.717) is 18.0 Å². The molecule has 0 fully saturated rings. The molecule has 18 heavy (non-hydrogen) atoms. The highest BCUT2D eigenvalue weighted by atomic mass is 35.5. The second-order valence-corrected chi connectivity index (χ2v) is 4.57. The van der Waals surface area contributed by atoms with Gasteiger partial charge in [-0.25, -0.2) is 0 Å². The highest BCUT2D eigenvalue weighted by Crippen LogP contribution is 2.22. The minimum atomic E-state index is 0.112. The second-order valence-electron chi connectivity index (χ2n) is 4.16. The minimum Gasteiger partial charge on any atom is -0.497 e. The summed E-state index contributed by atoms with van der Waals surface area (Å²) in [7, 11) is 1.61. The molecule has 0 unspecified atom stereocenters. The Balaban J connectivity index is 2.37. The van der Waals surface area contributed by atoms with Crippen LogP contribution in [-0.2, 0) is 11.2 Å². The highest BCUT2D eigenvalue weighted by molar-refractivity contribution is 6.31. The molecule has 4 heteroatoms. The average Bonchev–Trinajstić information content (AvgIpc) is 2.38. The summed E-state index contributed by atoms with van der Waals surface area (Å²) in [5.41, 5.74) is 1.02. The Labute approximate surface area is 113 Å². The van der Waals surface area contributed by atoms with Crippen LogP contribution in [0, 0.1) is 0 Å². The number of halogens is 1. The molecule has 1 amide bonds. The number of benzene rings is 1. The minimum absolute atomic E-state index is 0.112. The van der Waals surface area contributed by atoms with Crippen molar-refractivity contribution in [2.24, 2.45) is 0 Å². The van der Waals surface area contributed by atoms with E-state index in [9.17, 15) is 4.79 Å². The standard InChI is InChI=1S/C14H20ClNO2/c1-3-4-5-14(17)16-9-8-11-6-7-12(18-2)10-13(11)15/h6-7,10H,3-5,8-9H2,1-2H3,(H,16,17). The third kappa shape index (κ3) is 4.96. The molecule has 0 aliphatic rings. The molecule has 0 saturated heterocycles. The smallest absolute Gasteiger partial charge is 0.220 e. The Kier molecular flexibility index (Phi) is 6.58. The van der Waals surface area contributed by atoms with E-state index in [2.05, 4.69) is 12.2 Å². The summed E-state index contributed by atoms with van der Waals surface area (Å²) in [5, 5.41) is 3.57. The van der Waals surface area contributed by atoms with Crippen LogP contribution in [0.25, 0.3) is 0 Å². The van der Waals surface area contributed by atoms with Crippen molar-refractivity contribution in [2.45, 2.75) is 32.6 Å². The zero-order chi connectivity index (χ0) is 13.4. The zero-order valence-electron chi connectivity index (χ0n) is 11.0. The van der Waals surface area contributed by atoms with E-state index in [0.717, 1.165) is 30.6 Å². The summed E-state index contributed by atoms with van der Waals surface area (Å²) in [6, 6.07) is 5.59. The van der Waals surface area contributed by atoms with Crippen LogP contribution in [0.3, 0.4) is 0 Å². The van der Waals surface area contributed by atoms with Crippen LogP contribution in [0.2, 0.25) is 5.02 Å². The van der Waals surface area contributed by atoms with Gasteiger partial charge in [0.1, 0.15) is 5.75 Å². The number of rotatable bonds is 7. The van der Waals surface area contributed by atoms with E-state index < -0.39 is 0 Å². The molecule has 0 heterocycles. The predicted octanol–water partition coefficient (Wildman–Crippen LogP) is 3.20. The summed E-state index contributed by atoms with van der Waals surface area (Å²) >= 11 is 6.11. The fraction of sp³-hybridized carbons (Fsp3) is 0.500. The highest BCUT2D eigenvalue weighted by Gasteiger charge is 2.04. The first-order valence-electron chi connectivity index (χ1n) is 6.26. The molecule has 0 aromatic heterocycles.